The summed E-state index contributed by atoms with van der Waals surface area (Å²) >= 11 is 0. The summed E-state index contributed by atoms with van der Waals surface area (Å²) in [6, 6.07) is 0. The summed E-state index contributed by atoms with van der Waals surface area (Å²) < 4.78 is 4.75. The van der Waals surface area contributed by atoms with Crippen molar-refractivity contribution in [3.63, 3.8) is 0 Å². The Morgan fingerprint density at radius 2 is 2.07 bits per heavy atom. The van der Waals surface area contributed by atoms with Gasteiger partial charge in [0.15, 0.2) is 0 Å². The van der Waals surface area contributed by atoms with Crippen LogP contribution in [-0.2, 0) is 14.3 Å². The van der Waals surface area contributed by atoms with Gasteiger partial charge in [0.05, 0.1) is 6.61 Å². The molecule has 5 heteroatoms. The lowest BCUT2D eigenvalue weighted by molar-refractivity contribution is -0.138. The molecule has 15 heavy (non-hydrogen) atoms. The minimum atomic E-state index is -0.398. The number of ether oxygens (including phenoxy) is 1. The predicted molar refractivity (Wildman–Crippen MR) is 57.3 cm³/mol. The van der Waals surface area contributed by atoms with Crippen molar-refractivity contribution in [1.82, 2.24) is 10.6 Å². The van der Waals surface area contributed by atoms with Gasteiger partial charge >= 0.3 is 5.97 Å². The minimum Gasteiger partial charge on any atom is -0.463 e. The summed E-state index contributed by atoms with van der Waals surface area (Å²) in [5, 5.41) is 5.43. The molecule has 0 aromatic heterocycles. The van der Waals surface area contributed by atoms with Crippen molar-refractivity contribution in [2.24, 2.45) is 0 Å². The lowest BCUT2D eigenvalue weighted by Crippen LogP contribution is -2.27. The second-order valence-electron chi connectivity index (χ2n) is 2.92. The highest BCUT2D eigenvalue weighted by atomic mass is 16.5. The molecule has 0 radical (unpaired) electrons. The first-order valence-electron chi connectivity index (χ1n) is 4.88. The maximum Gasteiger partial charge on any atom is 0.334 e. The molecule has 0 heterocycles. The smallest absolute Gasteiger partial charge is 0.334 e. The van der Waals surface area contributed by atoms with E-state index in [0.29, 0.717) is 31.7 Å². The van der Waals surface area contributed by atoms with E-state index in [4.69, 9.17) is 4.74 Å². The Balaban J connectivity index is 3.55. The molecule has 2 N–H and O–H groups in total. The molecule has 0 aliphatic carbocycles. The van der Waals surface area contributed by atoms with E-state index in [1.807, 2.05) is 0 Å². The first-order chi connectivity index (χ1) is 7.11. The molecule has 0 rings (SSSR count). The lowest BCUT2D eigenvalue weighted by atomic mass is 10.3. The number of rotatable bonds is 7. The average molecular weight is 214 g/mol. The zero-order valence-electron chi connectivity index (χ0n) is 9.26. The maximum atomic E-state index is 11.1. The number of hydrogen-bond acceptors (Lipinski definition) is 4. The molecule has 0 aromatic carbocycles. The number of esters is 1. The minimum absolute atomic E-state index is 0.0377. The first kappa shape index (κ1) is 13.6. The predicted octanol–water partition coefficient (Wildman–Crippen LogP) is -0.169. The second kappa shape index (κ2) is 7.99. The van der Waals surface area contributed by atoms with Gasteiger partial charge in [0.1, 0.15) is 0 Å². The van der Waals surface area contributed by atoms with Crippen LogP contribution in [0.15, 0.2) is 12.2 Å². The Bertz CT molecular complexity index is 239. The number of carbonyl (C=O) groups excluding carboxylic acids is 2. The number of carbonyl (C=O) groups is 2. The van der Waals surface area contributed by atoms with Crippen molar-refractivity contribution in [1.29, 1.82) is 0 Å². The fourth-order valence-electron chi connectivity index (χ4n) is 0.872. The van der Waals surface area contributed by atoms with Gasteiger partial charge in [-0.25, -0.2) is 4.79 Å². The molecule has 0 aliphatic heterocycles. The largest absolute Gasteiger partial charge is 0.463 e. The van der Waals surface area contributed by atoms with Crippen molar-refractivity contribution in [3.8, 4) is 0 Å². The summed E-state index contributed by atoms with van der Waals surface area (Å²) in [5.74, 6) is -0.436. The molecule has 5 nitrogen and oxygen atoms in total. The highest BCUT2D eigenvalue weighted by Gasteiger charge is 2.06. The van der Waals surface area contributed by atoms with Gasteiger partial charge in [0.2, 0.25) is 5.91 Å². The van der Waals surface area contributed by atoms with Crippen LogP contribution >= 0.6 is 0 Å². The van der Waals surface area contributed by atoms with Crippen molar-refractivity contribution in [2.45, 2.75) is 13.3 Å². The third-order valence-corrected chi connectivity index (χ3v) is 1.71. The Morgan fingerprint density at radius 3 is 2.60 bits per heavy atom. The molecule has 0 aromatic rings. The third-order valence-electron chi connectivity index (χ3n) is 1.71. The highest BCUT2D eigenvalue weighted by molar-refractivity contribution is 5.88. The van der Waals surface area contributed by atoms with Crippen LogP contribution in [0.5, 0.6) is 0 Å². The molecule has 1 amide bonds. The Hall–Kier alpha value is -1.36. The number of nitrogens with one attached hydrogen (secondary N) is 2. The van der Waals surface area contributed by atoms with Crippen LogP contribution in [0.1, 0.15) is 13.3 Å². The molecule has 86 valence electrons. The molecule has 0 spiro atoms. The first-order valence-corrected chi connectivity index (χ1v) is 4.88. The van der Waals surface area contributed by atoms with Crippen LogP contribution in [0.4, 0.5) is 0 Å². The zero-order chi connectivity index (χ0) is 11.7. The molecule has 0 saturated heterocycles. The van der Waals surface area contributed by atoms with Gasteiger partial charge in [-0.2, -0.15) is 0 Å². The van der Waals surface area contributed by atoms with E-state index in [1.54, 1.807) is 14.0 Å². The zero-order valence-corrected chi connectivity index (χ0v) is 9.26. The van der Waals surface area contributed by atoms with E-state index in [-0.39, 0.29) is 5.91 Å². The van der Waals surface area contributed by atoms with E-state index in [9.17, 15) is 9.59 Å². The second-order valence-corrected chi connectivity index (χ2v) is 2.92. The monoisotopic (exact) mass is 214 g/mol. The maximum absolute atomic E-state index is 11.1. The molecule has 0 atom stereocenters. The van der Waals surface area contributed by atoms with Crippen molar-refractivity contribution >= 4 is 11.9 Å². The Morgan fingerprint density at radius 1 is 1.40 bits per heavy atom. The van der Waals surface area contributed by atoms with E-state index in [1.165, 1.54) is 0 Å². The Labute approximate surface area is 89.9 Å². The molecule has 0 saturated carbocycles. The van der Waals surface area contributed by atoms with Gasteiger partial charge in [-0.15, -0.1) is 0 Å². The summed E-state index contributed by atoms with van der Waals surface area (Å²) in [6.45, 7) is 6.51. The van der Waals surface area contributed by atoms with Crippen LogP contribution in [0.25, 0.3) is 0 Å². The van der Waals surface area contributed by atoms with Crippen molar-refractivity contribution < 1.29 is 14.3 Å². The van der Waals surface area contributed by atoms with Gasteiger partial charge in [0, 0.05) is 32.1 Å². The number of amides is 1. The average Bonchev–Trinajstić information content (AvgIpc) is 2.23. The van der Waals surface area contributed by atoms with Gasteiger partial charge in [0.25, 0.3) is 0 Å². The highest BCUT2D eigenvalue weighted by Crippen LogP contribution is 1.92. The molecule has 0 bridgehead atoms. The fraction of sp³-hybridized carbons (Fsp3) is 0.600. The molecular formula is C10H18N2O3. The SMILES string of the molecule is C=C(CNCCC(=O)NC)C(=O)OCC. The van der Waals surface area contributed by atoms with Gasteiger partial charge < -0.3 is 15.4 Å². The lowest BCUT2D eigenvalue weighted by Gasteiger charge is -2.06. The quantitative estimate of drug-likeness (QED) is 0.351. The van der Waals surface area contributed by atoms with Gasteiger partial charge in [-0.1, -0.05) is 6.58 Å². The van der Waals surface area contributed by atoms with E-state index < -0.39 is 5.97 Å². The van der Waals surface area contributed by atoms with E-state index in [2.05, 4.69) is 17.2 Å². The topological polar surface area (TPSA) is 67.4 Å². The van der Waals surface area contributed by atoms with E-state index >= 15 is 0 Å². The molecular weight excluding hydrogens is 196 g/mol. The summed E-state index contributed by atoms with van der Waals surface area (Å²) in [6.07, 6.45) is 0.382. The van der Waals surface area contributed by atoms with Gasteiger partial charge in [-0.05, 0) is 6.92 Å². The van der Waals surface area contributed by atoms with Crippen molar-refractivity contribution in [2.75, 3.05) is 26.7 Å². The van der Waals surface area contributed by atoms with Crippen LogP contribution < -0.4 is 10.6 Å². The Kier molecular flexibility index (Phi) is 7.27. The molecule has 0 fully saturated rings. The summed E-state index contributed by atoms with van der Waals surface area (Å²) in [4.78, 5) is 21.9. The van der Waals surface area contributed by atoms with Crippen LogP contribution in [-0.4, -0.2) is 38.6 Å². The van der Waals surface area contributed by atoms with Crippen LogP contribution in [0.3, 0.4) is 0 Å². The fourth-order valence-corrected chi connectivity index (χ4v) is 0.872. The molecule has 0 unspecified atom stereocenters. The van der Waals surface area contributed by atoms with Crippen molar-refractivity contribution in [3.05, 3.63) is 12.2 Å². The summed E-state index contributed by atoms with van der Waals surface area (Å²) in [5.41, 5.74) is 0.369. The third kappa shape index (κ3) is 6.68. The van der Waals surface area contributed by atoms with E-state index in [0.717, 1.165) is 0 Å². The summed E-state index contributed by atoms with van der Waals surface area (Å²) in [7, 11) is 1.58. The van der Waals surface area contributed by atoms with Crippen LogP contribution in [0, 0.1) is 0 Å². The molecule has 0 aliphatic rings. The van der Waals surface area contributed by atoms with Gasteiger partial charge in [-0.3, -0.25) is 4.79 Å². The van der Waals surface area contributed by atoms with Crippen LogP contribution in [0.2, 0.25) is 0 Å². The normalized spacial score (nSPS) is 9.47. The number of hydrogen-bond donors (Lipinski definition) is 2. The standard InChI is InChI=1S/C10H18N2O3/c1-4-15-10(14)8(2)7-12-6-5-9(13)11-3/h12H,2,4-7H2,1,3H3,(H,11,13).